The number of amides is 1. The fourth-order valence-electron chi connectivity index (χ4n) is 2.04. The molecule has 0 radical (unpaired) electrons. The highest BCUT2D eigenvalue weighted by Gasteiger charge is 2.05. The maximum Gasteiger partial charge on any atom is 0.251 e. The molecule has 2 aromatic rings. The molecular weight excluding hydrogens is 266 g/mol. The summed E-state index contributed by atoms with van der Waals surface area (Å²) in [5.41, 5.74) is 1.89. The summed E-state index contributed by atoms with van der Waals surface area (Å²) in [4.78, 5) is 18.1. The van der Waals surface area contributed by atoms with E-state index in [0.29, 0.717) is 12.1 Å². The molecule has 0 aliphatic carbocycles. The Morgan fingerprint density at radius 1 is 1.29 bits per heavy atom. The van der Waals surface area contributed by atoms with Gasteiger partial charge in [0.05, 0.1) is 0 Å². The van der Waals surface area contributed by atoms with E-state index in [-0.39, 0.29) is 5.91 Å². The van der Waals surface area contributed by atoms with Crippen LogP contribution in [0.1, 0.15) is 28.2 Å². The van der Waals surface area contributed by atoms with Gasteiger partial charge < -0.3 is 10.2 Å². The topological polar surface area (TPSA) is 73.9 Å². The Bertz CT molecular complexity index is 548. The molecule has 2 rings (SSSR count). The van der Waals surface area contributed by atoms with Gasteiger partial charge in [0.1, 0.15) is 12.2 Å². The summed E-state index contributed by atoms with van der Waals surface area (Å²) in [6.07, 6.45) is 3.10. The third-order valence-corrected chi connectivity index (χ3v) is 3.06. The number of hydrogen-bond acceptors (Lipinski definition) is 4. The number of carbonyl (C=O) groups is 1. The molecule has 0 spiro atoms. The lowest BCUT2D eigenvalue weighted by Gasteiger charge is -2.10. The lowest BCUT2D eigenvalue weighted by Crippen LogP contribution is -2.24. The molecule has 1 aromatic heterocycles. The smallest absolute Gasteiger partial charge is 0.251 e. The van der Waals surface area contributed by atoms with E-state index in [1.165, 1.54) is 11.9 Å². The van der Waals surface area contributed by atoms with E-state index in [4.69, 9.17) is 0 Å². The van der Waals surface area contributed by atoms with E-state index in [0.717, 1.165) is 25.2 Å². The van der Waals surface area contributed by atoms with Gasteiger partial charge in [-0.2, -0.15) is 5.10 Å². The van der Waals surface area contributed by atoms with E-state index < -0.39 is 0 Å². The Balaban J connectivity index is 1.75. The van der Waals surface area contributed by atoms with Crippen LogP contribution in [0.2, 0.25) is 0 Å². The molecule has 1 amide bonds. The van der Waals surface area contributed by atoms with Gasteiger partial charge in [-0.25, -0.2) is 4.98 Å². The number of carbonyl (C=O) groups excluding carboxylic acids is 1. The molecule has 21 heavy (non-hydrogen) atoms. The number of aryl methyl sites for hydroxylation is 1. The maximum atomic E-state index is 12.0. The average molecular weight is 287 g/mol. The van der Waals surface area contributed by atoms with Gasteiger partial charge in [-0.05, 0) is 38.2 Å². The number of hydrogen-bond donors (Lipinski definition) is 2. The zero-order valence-corrected chi connectivity index (χ0v) is 12.5. The highest BCUT2D eigenvalue weighted by molar-refractivity contribution is 5.94. The number of nitrogens with zero attached hydrogens (tertiary/aromatic N) is 3. The van der Waals surface area contributed by atoms with Crippen LogP contribution in [-0.2, 0) is 13.0 Å². The summed E-state index contributed by atoms with van der Waals surface area (Å²) in [6.45, 7) is 1.50. The van der Waals surface area contributed by atoms with Crippen LogP contribution in [0.25, 0.3) is 0 Å². The van der Waals surface area contributed by atoms with Crippen LogP contribution < -0.4 is 5.32 Å². The van der Waals surface area contributed by atoms with Crippen molar-refractivity contribution in [1.29, 1.82) is 0 Å². The predicted molar refractivity (Wildman–Crippen MR) is 80.9 cm³/mol. The first-order chi connectivity index (χ1) is 10.1. The predicted octanol–water partition coefficient (Wildman–Crippen LogP) is 1.23. The number of aromatic nitrogens is 3. The quantitative estimate of drug-likeness (QED) is 0.751. The van der Waals surface area contributed by atoms with Crippen LogP contribution >= 0.6 is 0 Å². The Labute approximate surface area is 124 Å². The highest BCUT2D eigenvalue weighted by atomic mass is 16.1. The van der Waals surface area contributed by atoms with Gasteiger partial charge in [0, 0.05) is 25.1 Å². The lowest BCUT2D eigenvalue weighted by atomic mass is 10.1. The van der Waals surface area contributed by atoms with Gasteiger partial charge in [-0.1, -0.05) is 12.1 Å². The van der Waals surface area contributed by atoms with Crippen molar-refractivity contribution in [2.45, 2.75) is 19.4 Å². The van der Waals surface area contributed by atoms with Crippen molar-refractivity contribution in [3.8, 4) is 0 Å². The van der Waals surface area contributed by atoms with Crippen molar-refractivity contribution < 1.29 is 4.79 Å². The summed E-state index contributed by atoms with van der Waals surface area (Å²) < 4.78 is 0. The van der Waals surface area contributed by atoms with E-state index in [9.17, 15) is 4.79 Å². The Morgan fingerprint density at radius 2 is 2.05 bits per heavy atom. The van der Waals surface area contributed by atoms with Gasteiger partial charge in [-0.15, -0.1) is 0 Å². The van der Waals surface area contributed by atoms with Crippen LogP contribution in [-0.4, -0.2) is 46.6 Å². The number of aromatic amines is 1. The Morgan fingerprint density at radius 3 is 2.67 bits per heavy atom. The number of nitrogens with one attached hydrogen (secondary N) is 2. The van der Waals surface area contributed by atoms with E-state index in [2.05, 4.69) is 25.4 Å². The first kappa shape index (κ1) is 15.2. The fourth-order valence-corrected chi connectivity index (χ4v) is 2.04. The Kier molecular flexibility index (Phi) is 5.45. The third-order valence-electron chi connectivity index (χ3n) is 3.06. The first-order valence-electron chi connectivity index (χ1n) is 7.01. The minimum Gasteiger partial charge on any atom is -0.352 e. The molecule has 0 saturated carbocycles. The highest BCUT2D eigenvalue weighted by Crippen LogP contribution is 2.06. The fraction of sp³-hybridized carbons (Fsp3) is 0.400. The van der Waals surface area contributed by atoms with Crippen LogP contribution in [0.4, 0.5) is 0 Å². The van der Waals surface area contributed by atoms with Crippen LogP contribution in [0.3, 0.4) is 0 Å². The average Bonchev–Trinajstić information content (AvgIpc) is 2.97. The minimum atomic E-state index is -0.0380. The van der Waals surface area contributed by atoms with Crippen molar-refractivity contribution in [1.82, 2.24) is 25.4 Å². The molecule has 0 aliphatic rings. The molecule has 2 N–H and O–H groups in total. The molecule has 1 heterocycles. The molecule has 0 fully saturated rings. The molecule has 6 heteroatoms. The SMILES string of the molecule is CN(C)Cc1ccc(C(=O)NCCCc2ncn[nH]2)cc1. The second kappa shape index (κ2) is 7.54. The van der Waals surface area contributed by atoms with Crippen molar-refractivity contribution >= 4 is 5.91 Å². The van der Waals surface area contributed by atoms with Gasteiger partial charge in [0.25, 0.3) is 5.91 Å². The third kappa shape index (κ3) is 5.00. The molecule has 0 aliphatic heterocycles. The molecule has 0 atom stereocenters. The van der Waals surface area contributed by atoms with Gasteiger partial charge in [-0.3, -0.25) is 9.89 Å². The maximum absolute atomic E-state index is 12.0. The largest absolute Gasteiger partial charge is 0.352 e. The summed E-state index contributed by atoms with van der Waals surface area (Å²) in [5, 5.41) is 9.50. The first-order valence-corrected chi connectivity index (χ1v) is 7.01. The standard InChI is InChI=1S/C15H21N5O/c1-20(2)10-12-5-7-13(8-6-12)15(21)16-9-3-4-14-17-11-18-19-14/h5-8,11H,3-4,9-10H2,1-2H3,(H,16,21)(H,17,18,19). The molecule has 112 valence electrons. The molecular formula is C15H21N5O. The molecule has 6 nitrogen and oxygen atoms in total. The molecule has 1 aromatic carbocycles. The zero-order valence-electron chi connectivity index (χ0n) is 12.5. The lowest BCUT2D eigenvalue weighted by molar-refractivity contribution is 0.0953. The van der Waals surface area contributed by atoms with E-state index in [1.54, 1.807) is 0 Å². The second-order valence-corrected chi connectivity index (χ2v) is 5.23. The van der Waals surface area contributed by atoms with Gasteiger partial charge >= 0.3 is 0 Å². The van der Waals surface area contributed by atoms with Crippen molar-refractivity contribution in [2.75, 3.05) is 20.6 Å². The van der Waals surface area contributed by atoms with Crippen LogP contribution in [0.15, 0.2) is 30.6 Å². The molecule has 0 unspecified atom stereocenters. The normalized spacial score (nSPS) is 10.8. The Hall–Kier alpha value is -2.21. The summed E-state index contributed by atoms with van der Waals surface area (Å²) >= 11 is 0. The molecule has 0 bridgehead atoms. The van der Waals surface area contributed by atoms with Crippen molar-refractivity contribution in [3.05, 3.63) is 47.5 Å². The van der Waals surface area contributed by atoms with Crippen molar-refractivity contribution in [3.63, 3.8) is 0 Å². The molecule has 0 saturated heterocycles. The summed E-state index contributed by atoms with van der Waals surface area (Å²) in [7, 11) is 4.05. The second-order valence-electron chi connectivity index (χ2n) is 5.23. The number of H-pyrrole nitrogens is 1. The monoisotopic (exact) mass is 287 g/mol. The summed E-state index contributed by atoms with van der Waals surface area (Å²) in [6, 6.07) is 7.71. The van der Waals surface area contributed by atoms with Gasteiger partial charge in [0.2, 0.25) is 0 Å². The van der Waals surface area contributed by atoms with Crippen molar-refractivity contribution in [2.24, 2.45) is 0 Å². The van der Waals surface area contributed by atoms with Crippen LogP contribution in [0.5, 0.6) is 0 Å². The summed E-state index contributed by atoms with van der Waals surface area (Å²) in [5.74, 6) is 0.807. The van der Waals surface area contributed by atoms with E-state index in [1.807, 2.05) is 38.4 Å². The number of rotatable bonds is 7. The minimum absolute atomic E-state index is 0.0380. The zero-order chi connectivity index (χ0) is 15.1. The van der Waals surface area contributed by atoms with E-state index >= 15 is 0 Å². The van der Waals surface area contributed by atoms with Gasteiger partial charge in [0.15, 0.2) is 0 Å². The number of benzene rings is 1. The van der Waals surface area contributed by atoms with Crippen LogP contribution in [0, 0.1) is 0 Å².